The standard InChI is InChI=1S/C24H19ClN2O4S/c1-16-6-4-7-17(12-16)14-26-21-11-3-2-10-20(21)24(23(26)29)27(22(28)15-32(24,30)31)19-9-5-8-18(25)13-19/h2-13H,14-15H2,1H3/t24-/m1/s1. The molecule has 0 aliphatic carbocycles. The van der Waals surface area contributed by atoms with Crippen LogP contribution in [-0.4, -0.2) is 26.0 Å². The van der Waals surface area contributed by atoms with Crippen LogP contribution in [0.15, 0.2) is 72.8 Å². The fraction of sp³-hybridized carbons (Fsp3) is 0.167. The van der Waals surface area contributed by atoms with Crippen molar-refractivity contribution in [1.29, 1.82) is 0 Å². The first-order valence-electron chi connectivity index (χ1n) is 10.0. The Morgan fingerprint density at radius 2 is 1.72 bits per heavy atom. The van der Waals surface area contributed by atoms with Crippen LogP contribution in [0.2, 0.25) is 5.02 Å². The van der Waals surface area contributed by atoms with Crippen molar-refractivity contribution in [2.45, 2.75) is 18.3 Å². The van der Waals surface area contributed by atoms with E-state index in [-0.39, 0.29) is 17.8 Å². The molecule has 0 aromatic heterocycles. The highest BCUT2D eigenvalue weighted by Gasteiger charge is 2.69. The molecule has 6 nitrogen and oxygen atoms in total. The molecule has 2 aliphatic heterocycles. The maximum Gasteiger partial charge on any atom is 0.274 e. The van der Waals surface area contributed by atoms with Gasteiger partial charge in [-0.25, -0.2) is 8.42 Å². The van der Waals surface area contributed by atoms with Gasteiger partial charge in [0.2, 0.25) is 5.91 Å². The van der Waals surface area contributed by atoms with Gasteiger partial charge in [0.1, 0.15) is 5.75 Å². The van der Waals surface area contributed by atoms with Crippen molar-refractivity contribution < 1.29 is 18.0 Å². The van der Waals surface area contributed by atoms with Crippen LogP contribution >= 0.6 is 11.6 Å². The average molecular weight is 467 g/mol. The lowest BCUT2D eigenvalue weighted by Crippen LogP contribution is -2.54. The molecule has 2 aliphatic rings. The van der Waals surface area contributed by atoms with Gasteiger partial charge in [-0.1, -0.05) is 65.7 Å². The lowest BCUT2D eigenvalue weighted by Gasteiger charge is -2.32. The molecule has 1 fully saturated rings. The van der Waals surface area contributed by atoms with Crippen molar-refractivity contribution in [3.63, 3.8) is 0 Å². The molecule has 1 atom stereocenters. The largest absolute Gasteiger partial charge is 0.304 e. The third kappa shape index (κ3) is 2.81. The number of carbonyl (C=O) groups is 2. The lowest BCUT2D eigenvalue weighted by atomic mass is 10.0. The molecule has 2 heterocycles. The number of halogens is 1. The molecular formula is C24H19ClN2O4S. The Morgan fingerprint density at radius 3 is 2.47 bits per heavy atom. The molecule has 1 spiro atoms. The molecule has 8 heteroatoms. The molecular weight excluding hydrogens is 448 g/mol. The smallest absolute Gasteiger partial charge is 0.274 e. The number of carbonyl (C=O) groups excluding carboxylic acids is 2. The van der Waals surface area contributed by atoms with E-state index in [1.54, 1.807) is 42.5 Å². The highest BCUT2D eigenvalue weighted by atomic mass is 35.5. The van der Waals surface area contributed by atoms with E-state index >= 15 is 0 Å². The van der Waals surface area contributed by atoms with E-state index in [1.165, 1.54) is 11.0 Å². The predicted molar refractivity (Wildman–Crippen MR) is 123 cm³/mol. The molecule has 5 rings (SSSR count). The molecule has 0 bridgehead atoms. The maximum absolute atomic E-state index is 14.0. The highest BCUT2D eigenvalue weighted by molar-refractivity contribution is 7.94. The van der Waals surface area contributed by atoms with Gasteiger partial charge >= 0.3 is 0 Å². The zero-order valence-corrected chi connectivity index (χ0v) is 18.7. The SMILES string of the molecule is Cc1cccc(CN2C(=O)[C@]3(c4ccccc42)N(c2cccc(Cl)c2)C(=O)CS3(=O)=O)c1. The van der Waals surface area contributed by atoms with E-state index in [0.29, 0.717) is 10.7 Å². The van der Waals surface area contributed by atoms with Crippen LogP contribution in [0.1, 0.15) is 16.7 Å². The van der Waals surface area contributed by atoms with E-state index < -0.39 is 32.3 Å². The van der Waals surface area contributed by atoms with Gasteiger partial charge in [0, 0.05) is 16.3 Å². The van der Waals surface area contributed by atoms with Crippen molar-refractivity contribution in [1.82, 2.24) is 0 Å². The number of nitrogens with zero attached hydrogens (tertiary/aromatic N) is 2. The van der Waals surface area contributed by atoms with Gasteiger partial charge in [-0.2, -0.15) is 0 Å². The van der Waals surface area contributed by atoms with Crippen LogP contribution in [0.25, 0.3) is 0 Å². The summed E-state index contributed by atoms with van der Waals surface area (Å²) in [5.74, 6) is -2.07. The third-order valence-electron chi connectivity index (χ3n) is 5.91. The lowest BCUT2D eigenvalue weighted by molar-refractivity contribution is -0.123. The molecule has 0 N–H and O–H groups in total. The Hall–Kier alpha value is -3.16. The van der Waals surface area contributed by atoms with Gasteiger partial charge in [-0.15, -0.1) is 0 Å². The second kappa shape index (κ2) is 7.18. The fourth-order valence-corrected chi connectivity index (χ4v) is 6.87. The first-order chi connectivity index (χ1) is 15.3. The molecule has 2 amide bonds. The Bertz CT molecular complexity index is 1390. The van der Waals surface area contributed by atoms with E-state index in [1.807, 2.05) is 31.2 Å². The molecule has 3 aromatic rings. The van der Waals surface area contributed by atoms with Crippen LogP contribution in [-0.2, 0) is 30.8 Å². The summed E-state index contributed by atoms with van der Waals surface area (Å²) in [6.07, 6.45) is 0. The second-order valence-electron chi connectivity index (χ2n) is 8.01. The van der Waals surface area contributed by atoms with Crippen LogP contribution in [0.4, 0.5) is 11.4 Å². The Labute approximate surface area is 190 Å². The number of sulfone groups is 1. The number of rotatable bonds is 3. The van der Waals surface area contributed by atoms with Crippen molar-refractivity contribution in [3.05, 3.63) is 94.5 Å². The van der Waals surface area contributed by atoms with Crippen LogP contribution in [0.3, 0.4) is 0 Å². The Morgan fingerprint density at radius 1 is 0.969 bits per heavy atom. The first kappa shape index (κ1) is 20.7. The minimum atomic E-state index is -4.20. The molecule has 0 radical (unpaired) electrons. The third-order valence-corrected chi connectivity index (χ3v) is 8.25. The summed E-state index contributed by atoms with van der Waals surface area (Å²) in [7, 11) is -4.20. The number of aryl methyl sites for hydroxylation is 1. The zero-order chi connectivity index (χ0) is 22.7. The van der Waals surface area contributed by atoms with Gasteiger partial charge < -0.3 is 4.90 Å². The number of fused-ring (bicyclic) bond motifs is 2. The topological polar surface area (TPSA) is 74.8 Å². The number of hydrogen-bond acceptors (Lipinski definition) is 4. The van der Waals surface area contributed by atoms with E-state index in [2.05, 4.69) is 0 Å². The average Bonchev–Trinajstić information content (AvgIpc) is 3.11. The number of anilines is 2. The van der Waals surface area contributed by atoms with Crippen LogP contribution in [0, 0.1) is 6.92 Å². The van der Waals surface area contributed by atoms with Gasteiger partial charge in [-0.3, -0.25) is 14.5 Å². The first-order valence-corrected chi connectivity index (χ1v) is 12.1. The van der Waals surface area contributed by atoms with Crippen molar-refractivity contribution >= 4 is 44.6 Å². The molecule has 0 saturated carbocycles. The van der Waals surface area contributed by atoms with Crippen molar-refractivity contribution in [2.75, 3.05) is 15.6 Å². The minimum Gasteiger partial charge on any atom is -0.304 e. The van der Waals surface area contributed by atoms with Gasteiger partial charge in [0.05, 0.1) is 12.2 Å². The van der Waals surface area contributed by atoms with Crippen molar-refractivity contribution in [2.24, 2.45) is 0 Å². The van der Waals surface area contributed by atoms with Gasteiger partial charge in [0.25, 0.3) is 10.8 Å². The Balaban J connectivity index is 1.74. The Kier molecular flexibility index (Phi) is 4.65. The van der Waals surface area contributed by atoms with E-state index in [9.17, 15) is 18.0 Å². The minimum absolute atomic E-state index is 0.187. The summed E-state index contributed by atoms with van der Waals surface area (Å²) in [5, 5.41) is 0.338. The monoisotopic (exact) mass is 466 g/mol. The number of hydrogen-bond donors (Lipinski definition) is 0. The number of amides is 2. The van der Waals surface area contributed by atoms with Crippen LogP contribution < -0.4 is 9.80 Å². The van der Waals surface area contributed by atoms with E-state index in [0.717, 1.165) is 16.0 Å². The summed E-state index contributed by atoms with van der Waals surface area (Å²) in [4.78, 5) is 27.5. The molecule has 3 aromatic carbocycles. The van der Waals surface area contributed by atoms with Crippen molar-refractivity contribution in [3.8, 4) is 0 Å². The summed E-state index contributed by atoms with van der Waals surface area (Å²) in [6, 6.07) is 20.8. The van der Waals surface area contributed by atoms with Crippen LogP contribution in [0.5, 0.6) is 0 Å². The van der Waals surface area contributed by atoms with Gasteiger partial charge in [0.15, 0.2) is 9.84 Å². The number of benzene rings is 3. The normalized spacial score (nSPS) is 21.4. The predicted octanol–water partition coefficient (Wildman–Crippen LogP) is 3.81. The van der Waals surface area contributed by atoms with Gasteiger partial charge in [-0.05, 0) is 36.8 Å². The molecule has 0 unspecified atom stereocenters. The summed E-state index contributed by atoms with van der Waals surface area (Å²) >= 11 is 6.14. The quantitative estimate of drug-likeness (QED) is 0.588. The molecule has 1 saturated heterocycles. The maximum atomic E-state index is 14.0. The summed E-state index contributed by atoms with van der Waals surface area (Å²) < 4.78 is 27.1. The highest BCUT2D eigenvalue weighted by Crippen LogP contribution is 2.52. The number of para-hydroxylation sites is 1. The zero-order valence-electron chi connectivity index (χ0n) is 17.2. The molecule has 162 valence electrons. The van der Waals surface area contributed by atoms with E-state index in [4.69, 9.17) is 11.6 Å². The second-order valence-corrected chi connectivity index (χ2v) is 10.6. The summed E-state index contributed by atoms with van der Waals surface area (Å²) in [5.41, 5.74) is 2.92. The fourth-order valence-electron chi connectivity index (χ4n) is 4.66. The summed E-state index contributed by atoms with van der Waals surface area (Å²) in [6.45, 7) is 2.14. The molecule has 32 heavy (non-hydrogen) atoms.